The Hall–Kier alpha value is -0.480. The molecule has 1 heteroatoms. The molecule has 0 amide bonds. The van der Waals surface area contributed by atoms with Crippen LogP contribution in [0.15, 0.2) is 0 Å². The van der Waals surface area contributed by atoms with Crippen LogP contribution in [0.25, 0.3) is 0 Å². The molecule has 0 aliphatic heterocycles. The lowest BCUT2D eigenvalue weighted by Crippen LogP contribution is -2.29. The zero-order valence-corrected chi connectivity index (χ0v) is 8.78. The highest BCUT2D eigenvalue weighted by molar-refractivity contribution is 4.86. The van der Waals surface area contributed by atoms with Gasteiger partial charge < -0.3 is 5.32 Å². The van der Waals surface area contributed by atoms with Crippen molar-refractivity contribution in [3.63, 3.8) is 0 Å². The maximum absolute atomic E-state index is 5.22. The molecule has 0 saturated heterocycles. The van der Waals surface area contributed by atoms with E-state index in [1.54, 1.807) is 0 Å². The van der Waals surface area contributed by atoms with Crippen molar-refractivity contribution in [2.24, 2.45) is 5.41 Å². The van der Waals surface area contributed by atoms with E-state index in [1.165, 1.54) is 6.42 Å². The van der Waals surface area contributed by atoms with Crippen LogP contribution in [0.1, 0.15) is 40.0 Å². The van der Waals surface area contributed by atoms with Gasteiger partial charge >= 0.3 is 0 Å². The molecule has 1 nitrogen and oxygen atoms in total. The molecule has 0 rings (SSSR count). The molecule has 0 aliphatic carbocycles. The molecule has 0 radical (unpaired) electrons. The first kappa shape index (κ1) is 11.5. The minimum Gasteiger partial charge on any atom is -0.317 e. The Kier molecular flexibility index (Phi) is 5.01. The van der Waals surface area contributed by atoms with Gasteiger partial charge in [-0.1, -0.05) is 20.8 Å². The van der Waals surface area contributed by atoms with Crippen molar-refractivity contribution in [2.45, 2.75) is 46.1 Å². The van der Waals surface area contributed by atoms with E-state index in [-0.39, 0.29) is 0 Å². The third-order valence-electron chi connectivity index (χ3n) is 1.90. The van der Waals surface area contributed by atoms with Crippen LogP contribution in [0, 0.1) is 17.8 Å². The molecule has 0 fully saturated rings. The molecule has 70 valence electrons. The summed E-state index contributed by atoms with van der Waals surface area (Å²) in [6, 6.07) is 0.570. The topological polar surface area (TPSA) is 12.0 Å². The van der Waals surface area contributed by atoms with Crippen LogP contribution in [-0.2, 0) is 0 Å². The third kappa shape index (κ3) is 6.24. The summed E-state index contributed by atoms with van der Waals surface area (Å²) in [5.74, 6) is 2.68. The second-order valence-corrected chi connectivity index (χ2v) is 4.49. The van der Waals surface area contributed by atoms with E-state index in [2.05, 4.69) is 32.0 Å². The summed E-state index contributed by atoms with van der Waals surface area (Å²) < 4.78 is 0. The van der Waals surface area contributed by atoms with Gasteiger partial charge in [0, 0.05) is 12.5 Å². The van der Waals surface area contributed by atoms with Crippen LogP contribution < -0.4 is 5.32 Å². The molecule has 12 heavy (non-hydrogen) atoms. The highest BCUT2D eigenvalue weighted by Crippen LogP contribution is 2.22. The molecule has 0 aromatic rings. The lowest BCUT2D eigenvalue weighted by atomic mass is 9.86. The summed E-state index contributed by atoms with van der Waals surface area (Å²) in [5.41, 5.74) is 0.391. The Balaban J connectivity index is 3.77. The zero-order chi connectivity index (χ0) is 9.61. The molecule has 1 atom stereocenters. The van der Waals surface area contributed by atoms with Crippen molar-refractivity contribution in [2.75, 3.05) is 7.05 Å². The number of hydrogen-bond donors (Lipinski definition) is 1. The monoisotopic (exact) mass is 167 g/mol. The fourth-order valence-electron chi connectivity index (χ4n) is 1.35. The molecule has 0 bridgehead atoms. The van der Waals surface area contributed by atoms with Crippen molar-refractivity contribution in [1.29, 1.82) is 0 Å². The molecule has 0 aromatic carbocycles. The maximum atomic E-state index is 5.22. The van der Waals surface area contributed by atoms with Crippen molar-refractivity contribution < 1.29 is 0 Å². The summed E-state index contributed by atoms with van der Waals surface area (Å²) in [7, 11) is 2.01. The lowest BCUT2D eigenvalue weighted by Gasteiger charge is -2.25. The summed E-state index contributed by atoms with van der Waals surface area (Å²) in [6.07, 6.45) is 8.37. The smallest absolute Gasteiger partial charge is 0.0101 e. The lowest BCUT2D eigenvalue weighted by molar-refractivity contribution is 0.309. The van der Waals surface area contributed by atoms with Gasteiger partial charge in [-0.25, -0.2) is 0 Å². The highest BCUT2D eigenvalue weighted by atomic mass is 14.9. The van der Waals surface area contributed by atoms with Crippen LogP contribution in [-0.4, -0.2) is 13.1 Å². The summed E-state index contributed by atoms with van der Waals surface area (Å²) >= 11 is 0. The molecule has 0 saturated carbocycles. The molecule has 1 unspecified atom stereocenters. The molecule has 1 N–H and O–H groups in total. The minimum atomic E-state index is 0.391. The number of terminal acetylenes is 1. The largest absolute Gasteiger partial charge is 0.317 e. The Morgan fingerprint density at radius 1 is 1.42 bits per heavy atom. The van der Waals surface area contributed by atoms with Gasteiger partial charge in [0.1, 0.15) is 0 Å². The van der Waals surface area contributed by atoms with Gasteiger partial charge in [0.2, 0.25) is 0 Å². The number of rotatable bonds is 4. The Morgan fingerprint density at radius 3 is 2.33 bits per heavy atom. The summed E-state index contributed by atoms with van der Waals surface area (Å²) in [6.45, 7) is 6.77. The van der Waals surface area contributed by atoms with Crippen LogP contribution >= 0.6 is 0 Å². The van der Waals surface area contributed by atoms with E-state index in [1.807, 2.05) is 7.05 Å². The van der Waals surface area contributed by atoms with Crippen LogP contribution in [0.2, 0.25) is 0 Å². The summed E-state index contributed by atoms with van der Waals surface area (Å²) in [4.78, 5) is 0. The minimum absolute atomic E-state index is 0.391. The van der Waals surface area contributed by atoms with Gasteiger partial charge in [0.05, 0.1) is 0 Å². The van der Waals surface area contributed by atoms with Crippen LogP contribution in [0.3, 0.4) is 0 Å². The third-order valence-corrected chi connectivity index (χ3v) is 1.90. The van der Waals surface area contributed by atoms with Gasteiger partial charge in [0.25, 0.3) is 0 Å². The van der Waals surface area contributed by atoms with Crippen molar-refractivity contribution in [3.8, 4) is 12.3 Å². The molecular weight excluding hydrogens is 146 g/mol. The molecule has 0 heterocycles. The second kappa shape index (κ2) is 5.22. The van der Waals surface area contributed by atoms with Crippen LogP contribution in [0.5, 0.6) is 0 Å². The van der Waals surface area contributed by atoms with E-state index in [0.717, 1.165) is 12.8 Å². The fraction of sp³-hybridized carbons (Fsp3) is 0.818. The normalized spacial score (nSPS) is 13.9. The van der Waals surface area contributed by atoms with Gasteiger partial charge in [-0.3, -0.25) is 0 Å². The molecular formula is C11H21N. The van der Waals surface area contributed by atoms with Gasteiger partial charge in [0.15, 0.2) is 0 Å². The van der Waals surface area contributed by atoms with E-state index in [4.69, 9.17) is 6.42 Å². The SMILES string of the molecule is C#CCCC(CC(C)(C)C)NC. The van der Waals surface area contributed by atoms with Crippen molar-refractivity contribution in [1.82, 2.24) is 5.32 Å². The average Bonchev–Trinajstić information content (AvgIpc) is 1.95. The predicted octanol–water partition coefficient (Wildman–Crippen LogP) is 2.42. The molecule has 0 aromatic heterocycles. The first-order valence-electron chi connectivity index (χ1n) is 4.60. The van der Waals surface area contributed by atoms with Crippen molar-refractivity contribution in [3.05, 3.63) is 0 Å². The summed E-state index contributed by atoms with van der Waals surface area (Å²) in [5, 5.41) is 3.30. The average molecular weight is 167 g/mol. The van der Waals surface area contributed by atoms with E-state index in [0.29, 0.717) is 11.5 Å². The fourth-order valence-corrected chi connectivity index (χ4v) is 1.35. The maximum Gasteiger partial charge on any atom is 0.0101 e. The van der Waals surface area contributed by atoms with Gasteiger partial charge in [-0.05, 0) is 25.3 Å². The van der Waals surface area contributed by atoms with Crippen LogP contribution in [0.4, 0.5) is 0 Å². The predicted molar refractivity (Wildman–Crippen MR) is 55.0 cm³/mol. The Labute approximate surface area is 76.9 Å². The molecule has 0 spiro atoms. The molecule has 0 aliphatic rings. The van der Waals surface area contributed by atoms with E-state index >= 15 is 0 Å². The van der Waals surface area contributed by atoms with E-state index in [9.17, 15) is 0 Å². The quantitative estimate of drug-likeness (QED) is 0.634. The first-order valence-corrected chi connectivity index (χ1v) is 4.60. The van der Waals surface area contributed by atoms with Gasteiger partial charge in [-0.2, -0.15) is 0 Å². The first-order chi connectivity index (χ1) is 5.49. The second-order valence-electron chi connectivity index (χ2n) is 4.49. The highest BCUT2D eigenvalue weighted by Gasteiger charge is 2.16. The van der Waals surface area contributed by atoms with Gasteiger partial charge in [-0.15, -0.1) is 12.3 Å². The Bertz CT molecular complexity index is 147. The standard InChI is InChI=1S/C11H21N/c1-6-7-8-10(12-5)9-11(2,3)4/h1,10,12H,7-9H2,2-5H3. The zero-order valence-electron chi connectivity index (χ0n) is 8.78. The Morgan fingerprint density at radius 2 is 2.00 bits per heavy atom. The number of hydrogen-bond acceptors (Lipinski definition) is 1. The van der Waals surface area contributed by atoms with E-state index < -0.39 is 0 Å². The van der Waals surface area contributed by atoms with Crippen molar-refractivity contribution >= 4 is 0 Å². The number of nitrogens with one attached hydrogen (secondary N) is 1.